The van der Waals surface area contributed by atoms with E-state index in [0.717, 1.165) is 7.11 Å². The maximum atomic E-state index is 10.5. The summed E-state index contributed by atoms with van der Waals surface area (Å²) in [7, 11) is 2.39. The lowest BCUT2D eigenvalue weighted by atomic mass is 10.4. The summed E-state index contributed by atoms with van der Waals surface area (Å²) in [6, 6.07) is 1.50. The van der Waals surface area contributed by atoms with E-state index in [4.69, 9.17) is 5.26 Å². The first kappa shape index (κ1) is 8.43. The summed E-state index contributed by atoms with van der Waals surface area (Å²) < 4.78 is 4.18. The van der Waals surface area contributed by atoms with Gasteiger partial charge in [0.15, 0.2) is 0 Å². The van der Waals surface area contributed by atoms with Crippen molar-refractivity contribution in [3.8, 4) is 6.07 Å². The van der Waals surface area contributed by atoms with Gasteiger partial charge in [-0.25, -0.2) is 4.79 Å². The maximum Gasteiger partial charge on any atom is 0.371 e. The van der Waals surface area contributed by atoms with Gasteiger partial charge >= 0.3 is 5.97 Å². The van der Waals surface area contributed by atoms with Crippen LogP contribution >= 0.6 is 0 Å². The highest BCUT2D eigenvalue weighted by atomic mass is 16.6. The van der Waals surface area contributed by atoms with Crippen LogP contribution in [0.4, 0.5) is 0 Å². The first-order valence-electron chi connectivity index (χ1n) is 2.35. The van der Waals surface area contributed by atoms with E-state index >= 15 is 0 Å². The average Bonchev–Trinajstić information content (AvgIpc) is 1.99. The van der Waals surface area contributed by atoms with Crippen LogP contribution in [0.5, 0.6) is 0 Å². The summed E-state index contributed by atoms with van der Waals surface area (Å²) in [4.78, 5) is 14.7. The first-order valence-corrected chi connectivity index (χ1v) is 2.35. The Morgan fingerprint density at radius 1 is 1.60 bits per heavy atom. The third-order valence-corrected chi connectivity index (χ3v) is 0.667. The number of hydrogen-bond donors (Lipinski definition) is 0. The fraction of sp³-hybridized carbons (Fsp3) is 0.400. The highest BCUT2D eigenvalue weighted by Gasteiger charge is 2.10. The molecule has 0 N–H and O–H groups in total. The van der Waals surface area contributed by atoms with Crippen LogP contribution in [0.25, 0.3) is 0 Å². The number of nitrogens with zero attached hydrogens (tertiary/aromatic N) is 2. The van der Waals surface area contributed by atoms with E-state index in [1.807, 2.05) is 0 Å². The Hall–Kier alpha value is -1.57. The number of oxime groups is 1. The molecule has 0 saturated heterocycles. The van der Waals surface area contributed by atoms with E-state index in [-0.39, 0.29) is 0 Å². The Balaban J connectivity index is 4.25. The molecule has 0 unspecified atom stereocenters. The summed E-state index contributed by atoms with van der Waals surface area (Å²) in [6.45, 7) is 0. The lowest BCUT2D eigenvalue weighted by Gasteiger charge is -1.92. The molecule has 0 aliphatic carbocycles. The maximum absolute atomic E-state index is 10.5. The molecule has 0 atom stereocenters. The number of carbonyl (C=O) groups excluding carboxylic acids is 1. The molecule has 0 fully saturated rings. The Kier molecular flexibility index (Phi) is 3.64. The molecule has 54 valence electrons. The molecule has 0 rings (SSSR count). The number of esters is 1. The van der Waals surface area contributed by atoms with Crippen molar-refractivity contribution < 1.29 is 14.4 Å². The van der Waals surface area contributed by atoms with Gasteiger partial charge in [0.05, 0.1) is 7.11 Å². The van der Waals surface area contributed by atoms with E-state index in [1.54, 1.807) is 0 Å². The number of rotatable bonds is 2. The van der Waals surface area contributed by atoms with Gasteiger partial charge in [0, 0.05) is 0 Å². The van der Waals surface area contributed by atoms with Gasteiger partial charge in [-0.15, -0.1) is 0 Å². The topological polar surface area (TPSA) is 71.7 Å². The van der Waals surface area contributed by atoms with Crippen LogP contribution in [0.15, 0.2) is 5.16 Å². The van der Waals surface area contributed by atoms with Crippen LogP contribution < -0.4 is 0 Å². The minimum atomic E-state index is -0.802. The van der Waals surface area contributed by atoms with Gasteiger partial charge in [-0.1, -0.05) is 5.16 Å². The van der Waals surface area contributed by atoms with E-state index in [0.29, 0.717) is 0 Å². The molecule has 0 radical (unpaired) electrons. The Morgan fingerprint density at radius 3 is 2.50 bits per heavy atom. The highest BCUT2D eigenvalue weighted by Crippen LogP contribution is 1.81. The smallest absolute Gasteiger partial charge is 0.371 e. The quantitative estimate of drug-likeness (QED) is 0.301. The van der Waals surface area contributed by atoms with Gasteiger partial charge in [0.2, 0.25) is 0 Å². The number of methoxy groups -OCH3 is 1. The molecule has 0 bridgehead atoms. The van der Waals surface area contributed by atoms with Crippen molar-refractivity contribution in [3.63, 3.8) is 0 Å². The molecule has 0 amide bonds. The standard InChI is InChI=1S/C5H6N2O3/c1-9-5(8)4(3-6)7-10-2/h1-2H3. The van der Waals surface area contributed by atoms with Crippen LogP contribution in [-0.2, 0) is 14.4 Å². The number of nitriles is 1. The van der Waals surface area contributed by atoms with E-state index in [1.165, 1.54) is 13.2 Å². The molecule has 0 heterocycles. The molecule has 0 aromatic rings. The predicted molar refractivity (Wildman–Crippen MR) is 32.1 cm³/mol. The second-order valence-electron chi connectivity index (χ2n) is 1.23. The van der Waals surface area contributed by atoms with Crippen LogP contribution in [0.2, 0.25) is 0 Å². The van der Waals surface area contributed by atoms with Gasteiger partial charge in [-0.3, -0.25) is 0 Å². The van der Waals surface area contributed by atoms with E-state index < -0.39 is 11.7 Å². The summed E-state index contributed by atoms with van der Waals surface area (Å²) >= 11 is 0. The van der Waals surface area contributed by atoms with Crippen molar-refractivity contribution in [1.29, 1.82) is 5.26 Å². The Labute approximate surface area is 57.8 Å². The van der Waals surface area contributed by atoms with Crippen molar-refractivity contribution in [1.82, 2.24) is 0 Å². The van der Waals surface area contributed by atoms with Crippen molar-refractivity contribution in [2.75, 3.05) is 14.2 Å². The lowest BCUT2D eigenvalue weighted by Crippen LogP contribution is -2.13. The molecule has 5 heteroatoms. The minimum absolute atomic E-state index is 0.398. The summed E-state index contributed by atoms with van der Waals surface area (Å²) in [5.41, 5.74) is -0.398. The van der Waals surface area contributed by atoms with Gasteiger partial charge in [0.1, 0.15) is 13.2 Å². The molecule has 0 aliphatic rings. The second kappa shape index (κ2) is 4.32. The SMILES string of the molecule is CON=C(C#N)C(=O)OC. The molecule has 0 saturated carbocycles. The zero-order chi connectivity index (χ0) is 7.98. The van der Waals surface area contributed by atoms with Crippen molar-refractivity contribution >= 4 is 11.7 Å². The largest absolute Gasteiger partial charge is 0.464 e. The van der Waals surface area contributed by atoms with Crippen LogP contribution in [0, 0.1) is 11.3 Å². The molecule has 0 aromatic carbocycles. The molecule has 10 heavy (non-hydrogen) atoms. The fourth-order valence-electron chi connectivity index (χ4n) is 0.291. The third kappa shape index (κ3) is 2.13. The third-order valence-electron chi connectivity index (χ3n) is 0.667. The van der Waals surface area contributed by atoms with Crippen molar-refractivity contribution in [2.24, 2.45) is 5.16 Å². The highest BCUT2D eigenvalue weighted by molar-refractivity contribution is 6.42. The monoisotopic (exact) mass is 142 g/mol. The lowest BCUT2D eigenvalue weighted by molar-refractivity contribution is -0.132. The van der Waals surface area contributed by atoms with E-state index in [2.05, 4.69) is 14.7 Å². The normalized spacial score (nSPS) is 9.90. The average molecular weight is 142 g/mol. The number of hydrogen-bond acceptors (Lipinski definition) is 5. The zero-order valence-electron chi connectivity index (χ0n) is 5.62. The Morgan fingerprint density at radius 2 is 2.20 bits per heavy atom. The summed E-state index contributed by atoms with van der Waals surface area (Å²) in [5.74, 6) is -0.802. The zero-order valence-corrected chi connectivity index (χ0v) is 5.62. The van der Waals surface area contributed by atoms with Crippen molar-refractivity contribution in [2.45, 2.75) is 0 Å². The minimum Gasteiger partial charge on any atom is -0.464 e. The fourth-order valence-corrected chi connectivity index (χ4v) is 0.291. The summed E-state index contributed by atoms with van der Waals surface area (Å²) in [5, 5.41) is 11.3. The molecule has 0 spiro atoms. The van der Waals surface area contributed by atoms with Crippen LogP contribution in [0.3, 0.4) is 0 Å². The second-order valence-corrected chi connectivity index (χ2v) is 1.23. The van der Waals surface area contributed by atoms with Gasteiger partial charge in [-0.2, -0.15) is 5.26 Å². The van der Waals surface area contributed by atoms with Gasteiger partial charge in [-0.05, 0) is 0 Å². The molecular formula is C5H6N2O3. The van der Waals surface area contributed by atoms with Gasteiger partial charge in [0.25, 0.3) is 5.71 Å². The van der Waals surface area contributed by atoms with Crippen LogP contribution in [-0.4, -0.2) is 25.9 Å². The number of carbonyl (C=O) groups is 1. The molecule has 0 aromatic heterocycles. The van der Waals surface area contributed by atoms with Crippen LogP contribution in [0.1, 0.15) is 0 Å². The van der Waals surface area contributed by atoms with E-state index in [9.17, 15) is 4.79 Å². The Bertz CT molecular complexity index is 192. The molecule has 5 nitrogen and oxygen atoms in total. The van der Waals surface area contributed by atoms with Crippen molar-refractivity contribution in [3.05, 3.63) is 0 Å². The molecular weight excluding hydrogens is 136 g/mol. The molecule has 0 aliphatic heterocycles. The van der Waals surface area contributed by atoms with Gasteiger partial charge < -0.3 is 9.57 Å². The summed E-state index contributed by atoms with van der Waals surface area (Å²) in [6.07, 6.45) is 0. The number of ether oxygens (including phenoxy) is 1. The predicted octanol–water partition coefficient (Wildman–Crippen LogP) is -0.315. The first-order chi connectivity index (χ1) is 4.76.